The number of furan rings is 1. The van der Waals surface area contributed by atoms with Crippen molar-refractivity contribution in [3.05, 3.63) is 73.0 Å². The van der Waals surface area contributed by atoms with Crippen LogP contribution in [0.3, 0.4) is 0 Å². The van der Waals surface area contributed by atoms with Crippen molar-refractivity contribution in [3.63, 3.8) is 0 Å². The molecule has 0 amide bonds. The summed E-state index contributed by atoms with van der Waals surface area (Å²) in [4.78, 5) is 6.54. The van der Waals surface area contributed by atoms with Crippen LogP contribution in [0.15, 0.2) is 70.3 Å². The first kappa shape index (κ1) is 20.0. The van der Waals surface area contributed by atoms with Crippen LogP contribution in [-0.4, -0.2) is 52.6 Å². The number of aromatic nitrogens is 2. The van der Waals surface area contributed by atoms with E-state index in [9.17, 15) is 5.11 Å². The normalized spacial score (nSPS) is 12.4. The smallest absolute Gasteiger partial charge is 0.228 e. The van der Waals surface area contributed by atoms with Gasteiger partial charge in [0.15, 0.2) is 0 Å². The molecule has 0 bridgehead atoms. The molecule has 7 heteroatoms. The first-order valence-corrected chi connectivity index (χ1v) is 9.24. The van der Waals surface area contributed by atoms with Crippen LogP contribution < -0.4 is 0 Å². The van der Waals surface area contributed by atoms with E-state index in [1.165, 1.54) is 0 Å². The van der Waals surface area contributed by atoms with Gasteiger partial charge in [0.25, 0.3) is 0 Å². The fourth-order valence-corrected chi connectivity index (χ4v) is 2.81. The summed E-state index contributed by atoms with van der Waals surface area (Å²) < 4.78 is 16.2. The van der Waals surface area contributed by atoms with Crippen LogP contribution in [0.4, 0.5) is 0 Å². The lowest BCUT2D eigenvalue weighted by atomic mass is 10.2. The summed E-state index contributed by atoms with van der Waals surface area (Å²) in [6.45, 7) is 5.92. The molecule has 0 fully saturated rings. The summed E-state index contributed by atoms with van der Waals surface area (Å²) in [6.07, 6.45) is 3.26. The van der Waals surface area contributed by atoms with E-state index in [4.69, 9.17) is 13.7 Å². The molecule has 0 spiro atoms. The van der Waals surface area contributed by atoms with Gasteiger partial charge in [-0.2, -0.15) is 4.98 Å². The Kier molecular flexibility index (Phi) is 7.54. The maximum absolute atomic E-state index is 10.2. The van der Waals surface area contributed by atoms with E-state index >= 15 is 0 Å². The Bertz CT molecular complexity index is 817. The maximum atomic E-state index is 10.2. The third-order valence-corrected chi connectivity index (χ3v) is 4.12. The van der Waals surface area contributed by atoms with Gasteiger partial charge in [0.05, 0.1) is 32.1 Å². The molecule has 7 nitrogen and oxygen atoms in total. The number of hydrogen-bond acceptors (Lipinski definition) is 7. The zero-order valence-electron chi connectivity index (χ0n) is 15.7. The van der Waals surface area contributed by atoms with Gasteiger partial charge in [-0.1, -0.05) is 41.6 Å². The fraction of sp³-hybridized carbons (Fsp3) is 0.333. The van der Waals surface area contributed by atoms with E-state index in [0.29, 0.717) is 44.4 Å². The van der Waals surface area contributed by atoms with E-state index in [2.05, 4.69) is 21.6 Å². The summed E-state index contributed by atoms with van der Waals surface area (Å²) in [6, 6.07) is 13.5. The van der Waals surface area contributed by atoms with Crippen molar-refractivity contribution in [1.82, 2.24) is 15.0 Å². The molecule has 0 saturated carbocycles. The van der Waals surface area contributed by atoms with Gasteiger partial charge in [-0.3, -0.25) is 4.90 Å². The van der Waals surface area contributed by atoms with E-state index in [1.54, 1.807) is 12.3 Å². The Morgan fingerprint density at radius 2 is 2.07 bits per heavy atom. The highest BCUT2D eigenvalue weighted by Crippen LogP contribution is 2.15. The molecule has 2 heterocycles. The molecule has 3 rings (SSSR count). The molecule has 3 aromatic rings. The lowest BCUT2D eigenvalue weighted by Crippen LogP contribution is -2.36. The van der Waals surface area contributed by atoms with Gasteiger partial charge in [0.1, 0.15) is 5.76 Å². The van der Waals surface area contributed by atoms with E-state index < -0.39 is 6.10 Å². The second-order valence-electron chi connectivity index (χ2n) is 6.42. The molecule has 0 aliphatic rings. The zero-order chi connectivity index (χ0) is 19.6. The largest absolute Gasteiger partial charge is 0.468 e. The highest BCUT2D eigenvalue weighted by molar-refractivity contribution is 5.53. The number of aliphatic hydroxyl groups is 1. The molecule has 1 unspecified atom stereocenters. The number of nitrogens with zero attached hydrogens (tertiary/aromatic N) is 3. The first-order valence-electron chi connectivity index (χ1n) is 9.24. The van der Waals surface area contributed by atoms with Gasteiger partial charge in [0, 0.05) is 25.1 Å². The fourth-order valence-electron chi connectivity index (χ4n) is 2.81. The van der Waals surface area contributed by atoms with Crippen molar-refractivity contribution in [2.24, 2.45) is 0 Å². The average Bonchev–Trinajstić information content (AvgIpc) is 3.39. The van der Waals surface area contributed by atoms with Gasteiger partial charge in [0.2, 0.25) is 11.7 Å². The van der Waals surface area contributed by atoms with E-state index in [1.807, 2.05) is 42.5 Å². The molecule has 1 aromatic carbocycles. The lowest BCUT2D eigenvalue weighted by molar-refractivity contribution is 0.0232. The van der Waals surface area contributed by atoms with Crippen LogP contribution >= 0.6 is 0 Å². The molecule has 0 radical (unpaired) electrons. The topological polar surface area (TPSA) is 84.8 Å². The zero-order valence-corrected chi connectivity index (χ0v) is 15.7. The van der Waals surface area contributed by atoms with Crippen LogP contribution in [0, 0.1) is 0 Å². The molecule has 148 valence electrons. The van der Waals surface area contributed by atoms with Crippen LogP contribution in [0.5, 0.6) is 0 Å². The Morgan fingerprint density at radius 3 is 2.82 bits per heavy atom. The number of hydrogen-bond donors (Lipinski definition) is 1. The monoisotopic (exact) mass is 383 g/mol. The summed E-state index contributed by atoms with van der Waals surface area (Å²) in [7, 11) is 0. The predicted octanol–water partition coefficient (Wildman–Crippen LogP) is 2.94. The summed E-state index contributed by atoms with van der Waals surface area (Å²) >= 11 is 0. The first-order chi connectivity index (χ1) is 13.7. The molecule has 0 saturated heterocycles. The van der Waals surface area contributed by atoms with Crippen molar-refractivity contribution in [1.29, 1.82) is 0 Å². The number of aliphatic hydroxyl groups excluding tert-OH is 1. The SMILES string of the molecule is C=CCOCC(O)CN(CCc1nc(-c2ccccc2)no1)Cc1ccco1. The van der Waals surface area contributed by atoms with Gasteiger partial charge >= 0.3 is 0 Å². The van der Waals surface area contributed by atoms with E-state index in [-0.39, 0.29) is 6.61 Å². The second-order valence-corrected chi connectivity index (χ2v) is 6.42. The van der Waals surface area contributed by atoms with Crippen molar-refractivity contribution in [3.8, 4) is 11.4 Å². The standard InChI is InChI=1S/C21H25N3O4/c1-2-12-26-16-18(25)14-24(15-19-9-6-13-27-19)11-10-20-22-21(23-28-20)17-7-4-3-5-8-17/h2-9,13,18,25H,1,10-12,14-16H2. The molecular weight excluding hydrogens is 358 g/mol. The van der Waals surface area contributed by atoms with Gasteiger partial charge < -0.3 is 18.8 Å². The van der Waals surface area contributed by atoms with Crippen LogP contribution in [0.1, 0.15) is 11.7 Å². The minimum atomic E-state index is -0.613. The van der Waals surface area contributed by atoms with Crippen LogP contribution in [0.2, 0.25) is 0 Å². The van der Waals surface area contributed by atoms with Crippen molar-refractivity contribution < 1.29 is 18.8 Å². The Hall–Kier alpha value is -2.74. The average molecular weight is 383 g/mol. The Labute approximate surface area is 164 Å². The number of ether oxygens (including phenoxy) is 1. The molecule has 0 aliphatic carbocycles. The molecule has 1 atom stereocenters. The van der Waals surface area contributed by atoms with Crippen LogP contribution in [-0.2, 0) is 17.7 Å². The third-order valence-electron chi connectivity index (χ3n) is 4.12. The quantitative estimate of drug-likeness (QED) is 0.380. The maximum Gasteiger partial charge on any atom is 0.228 e. The Balaban J connectivity index is 1.57. The number of benzene rings is 1. The van der Waals surface area contributed by atoms with Crippen molar-refractivity contribution in [2.45, 2.75) is 19.1 Å². The van der Waals surface area contributed by atoms with E-state index in [0.717, 1.165) is 11.3 Å². The molecule has 2 aromatic heterocycles. The molecule has 0 aliphatic heterocycles. The Morgan fingerprint density at radius 1 is 1.21 bits per heavy atom. The van der Waals surface area contributed by atoms with Gasteiger partial charge in [-0.15, -0.1) is 6.58 Å². The molecular formula is C21H25N3O4. The molecule has 28 heavy (non-hydrogen) atoms. The minimum Gasteiger partial charge on any atom is -0.468 e. The summed E-state index contributed by atoms with van der Waals surface area (Å²) in [5.41, 5.74) is 0.916. The third kappa shape index (κ3) is 6.16. The highest BCUT2D eigenvalue weighted by Gasteiger charge is 2.16. The highest BCUT2D eigenvalue weighted by atomic mass is 16.5. The second kappa shape index (κ2) is 10.6. The summed E-state index contributed by atoms with van der Waals surface area (Å²) in [5.74, 6) is 1.96. The number of rotatable bonds is 12. The lowest BCUT2D eigenvalue weighted by Gasteiger charge is -2.23. The summed E-state index contributed by atoms with van der Waals surface area (Å²) in [5, 5.41) is 14.3. The van der Waals surface area contributed by atoms with Crippen LogP contribution in [0.25, 0.3) is 11.4 Å². The van der Waals surface area contributed by atoms with Gasteiger partial charge in [-0.25, -0.2) is 0 Å². The van der Waals surface area contributed by atoms with Crippen molar-refractivity contribution >= 4 is 0 Å². The molecule has 1 N–H and O–H groups in total. The van der Waals surface area contributed by atoms with Crippen molar-refractivity contribution in [2.75, 3.05) is 26.3 Å². The predicted molar refractivity (Wildman–Crippen MR) is 104 cm³/mol. The minimum absolute atomic E-state index is 0.249. The van der Waals surface area contributed by atoms with Gasteiger partial charge in [-0.05, 0) is 12.1 Å².